The van der Waals surface area contributed by atoms with Crippen LogP contribution in [-0.4, -0.2) is 43.5 Å². The Morgan fingerprint density at radius 1 is 1.32 bits per heavy atom. The molecule has 1 aliphatic heterocycles. The van der Waals surface area contributed by atoms with Crippen LogP contribution in [0.2, 0.25) is 0 Å². The molecule has 0 aliphatic carbocycles. The van der Waals surface area contributed by atoms with Gasteiger partial charge in [0.25, 0.3) is 0 Å². The lowest BCUT2D eigenvalue weighted by atomic mass is 9.99. The van der Waals surface area contributed by atoms with Crippen LogP contribution in [0.4, 0.5) is 5.69 Å². The molecule has 1 amide bonds. The molecule has 1 aromatic carbocycles. The van der Waals surface area contributed by atoms with Crippen molar-refractivity contribution in [2.45, 2.75) is 26.7 Å². The summed E-state index contributed by atoms with van der Waals surface area (Å²) < 4.78 is 4.71. The van der Waals surface area contributed by atoms with Crippen molar-refractivity contribution in [2.75, 3.05) is 32.1 Å². The lowest BCUT2D eigenvalue weighted by Crippen LogP contribution is -2.38. The van der Waals surface area contributed by atoms with Gasteiger partial charge in [0.05, 0.1) is 19.2 Å². The molecule has 120 valence electrons. The summed E-state index contributed by atoms with van der Waals surface area (Å²) in [6, 6.07) is 5.17. The van der Waals surface area contributed by atoms with Crippen molar-refractivity contribution in [1.82, 2.24) is 4.90 Å². The number of nitrogens with zero attached hydrogens (tertiary/aromatic N) is 1. The highest BCUT2D eigenvalue weighted by atomic mass is 16.5. The van der Waals surface area contributed by atoms with Crippen molar-refractivity contribution in [3.05, 3.63) is 29.3 Å². The zero-order chi connectivity index (χ0) is 16.1. The molecule has 1 aromatic rings. The van der Waals surface area contributed by atoms with Crippen LogP contribution >= 0.6 is 0 Å². The Morgan fingerprint density at radius 2 is 2.00 bits per heavy atom. The molecule has 5 heteroatoms. The van der Waals surface area contributed by atoms with Crippen molar-refractivity contribution in [2.24, 2.45) is 5.92 Å². The minimum absolute atomic E-state index is 0.0420. The highest BCUT2D eigenvalue weighted by molar-refractivity contribution is 5.96. The SMILES string of the molecule is COC(=O)c1ccc(C)c(NC(=O)CN2CCC(C)CC2)c1. The number of aryl methyl sites for hydroxylation is 1. The Hall–Kier alpha value is -1.88. The summed E-state index contributed by atoms with van der Waals surface area (Å²) >= 11 is 0. The minimum Gasteiger partial charge on any atom is -0.465 e. The molecule has 0 aromatic heterocycles. The lowest BCUT2D eigenvalue weighted by molar-refractivity contribution is -0.117. The first-order valence-corrected chi connectivity index (χ1v) is 7.70. The number of anilines is 1. The average Bonchev–Trinajstić information content (AvgIpc) is 2.51. The number of esters is 1. The molecule has 2 rings (SSSR count). The van der Waals surface area contributed by atoms with E-state index in [1.54, 1.807) is 12.1 Å². The Balaban J connectivity index is 1.97. The second kappa shape index (κ2) is 7.40. The fraction of sp³-hybridized carbons (Fsp3) is 0.529. The number of amides is 1. The van der Waals surface area contributed by atoms with Crippen LogP contribution in [0.3, 0.4) is 0 Å². The molecule has 1 saturated heterocycles. The van der Waals surface area contributed by atoms with Gasteiger partial charge in [-0.1, -0.05) is 13.0 Å². The van der Waals surface area contributed by atoms with Crippen LogP contribution in [0.15, 0.2) is 18.2 Å². The van der Waals surface area contributed by atoms with Crippen molar-refractivity contribution < 1.29 is 14.3 Å². The fourth-order valence-electron chi connectivity index (χ4n) is 2.61. The number of carbonyl (C=O) groups is 2. The zero-order valence-corrected chi connectivity index (χ0v) is 13.5. The molecule has 0 bridgehead atoms. The van der Waals surface area contributed by atoms with E-state index in [4.69, 9.17) is 4.74 Å². The molecular formula is C17H24N2O3. The highest BCUT2D eigenvalue weighted by Gasteiger charge is 2.18. The molecule has 5 nitrogen and oxygen atoms in total. The number of ether oxygens (including phenoxy) is 1. The maximum Gasteiger partial charge on any atom is 0.337 e. The molecule has 1 N–H and O–H groups in total. The van der Waals surface area contributed by atoms with Crippen LogP contribution in [-0.2, 0) is 9.53 Å². The van der Waals surface area contributed by atoms with Crippen LogP contribution in [0.25, 0.3) is 0 Å². The molecule has 1 aliphatic rings. The van der Waals surface area contributed by atoms with Gasteiger partial charge in [-0.05, 0) is 56.5 Å². The van der Waals surface area contributed by atoms with Crippen LogP contribution < -0.4 is 5.32 Å². The van der Waals surface area contributed by atoms with Gasteiger partial charge < -0.3 is 10.1 Å². The summed E-state index contributed by atoms with van der Waals surface area (Å²) in [5, 5.41) is 2.90. The van der Waals surface area contributed by atoms with Gasteiger partial charge in [-0.25, -0.2) is 4.79 Å². The van der Waals surface area contributed by atoms with E-state index in [9.17, 15) is 9.59 Å². The number of rotatable bonds is 4. The van der Waals surface area contributed by atoms with Gasteiger partial charge in [-0.3, -0.25) is 9.69 Å². The van der Waals surface area contributed by atoms with Gasteiger partial charge in [0.2, 0.25) is 5.91 Å². The number of hydrogen-bond donors (Lipinski definition) is 1. The molecule has 0 atom stereocenters. The zero-order valence-electron chi connectivity index (χ0n) is 13.5. The van der Waals surface area contributed by atoms with Gasteiger partial charge in [0.1, 0.15) is 0 Å². The number of piperidine rings is 1. The van der Waals surface area contributed by atoms with E-state index in [0.29, 0.717) is 17.8 Å². The third kappa shape index (κ3) is 4.31. The first-order valence-electron chi connectivity index (χ1n) is 7.70. The fourth-order valence-corrected chi connectivity index (χ4v) is 2.61. The summed E-state index contributed by atoms with van der Waals surface area (Å²) in [6.07, 6.45) is 2.29. The number of methoxy groups -OCH3 is 1. The van der Waals surface area contributed by atoms with Crippen molar-refractivity contribution in [3.8, 4) is 0 Å². The molecule has 1 heterocycles. The first-order chi connectivity index (χ1) is 10.5. The van der Waals surface area contributed by atoms with Crippen LogP contribution in [0.1, 0.15) is 35.7 Å². The Morgan fingerprint density at radius 3 is 2.64 bits per heavy atom. The van der Waals surface area contributed by atoms with E-state index in [2.05, 4.69) is 17.1 Å². The summed E-state index contributed by atoms with van der Waals surface area (Å²) in [7, 11) is 1.35. The van der Waals surface area contributed by atoms with E-state index in [1.807, 2.05) is 13.0 Å². The smallest absolute Gasteiger partial charge is 0.337 e. The van der Waals surface area contributed by atoms with Gasteiger partial charge in [-0.2, -0.15) is 0 Å². The van der Waals surface area contributed by atoms with E-state index in [1.165, 1.54) is 7.11 Å². The summed E-state index contributed by atoms with van der Waals surface area (Å²) in [6.45, 7) is 6.48. The average molecular weight is 304 g/mol. The molecule has 1 fully saturated rings. The van der Waals surface area contributed by atoms with Crippen LogP contribution in [0, 0.1) is 12.8 Å². The second-order valence-corrected chi connectivity index (χ2v) is 6.03. The predicted molar refractivity (Wildman–Crippen MR) is 86.0 cm³/mol. The van der Waals surface area contributed by atoms with Crippen LogP contribution in [0.5, 0.6) is 0 Å². The third-order valence-electron chi connectivity index (χ3n) is 4.18. The van der Waals surface area contributed by atoms with Crippen molar-refractivity contribution >= 4 is 17.6 Å². The second-order valence-electron chi connectivity index (χ2n) is 6.03. The maximum absolute atomic E-state index is 12.2. The summed E-state index contributed by atoms with van der Waals surface area (Å²) in [5.74, 6) is 0.304. The van der Waals surface area contributed by atoms with E-state index in [0.717, 1.165) is 37.4 Å². The largest absolute Gasteiger partial charge is 0.465 e. The Labute approximate surface area is 131 Å². The molecule has 0 saturated carbocycles. The Bertz CT molecular complexity index is 549. The lowest BCUT2D eigenvalue weighted by Gasteiger charge is -2.29. The highest BCUT2D eigenvalue weighted by Crippen LogP contribution is 2.19. The van der Waals surface area contributed by atoms with E-state index in [-0.39, 0.29) is 5.91 Å². The monoisotopic (exact) mass is 304 g/mol. The number of likely N-dealkylation sites (tertiary alicyclic amines) is 1. The molecule has 0 unspecified atom stereocenters. The van der Waals surface area contributed by atoms with Gasteiger partial charge in [-0.15, -0.1) is 0 Å². The minimum atomic E-state index is -0.402. The topological polar surface area (TPSA) is 58.6 Å². The first kappa shape index (κ1) is 16.5. The standard InChI is InChI=1S/C17H24N2O3/c1-12-6-8-19(9-7-12)11-16(20)18-15-10-14(17(21)22-3)5-4-13(15)2/h4-5,10,12H,6-9,11H2,1-3H3,(H,18,20). The quantitative estimate of drug-likeness (QED) is 0.868. The molecule has 0 spiro atoms. The van der Waals surface area contributed by atoms with Crippen molar-refractivity contribution in [3.63, 3.8) is 0 Å². The normalized spacial score (nSPS) is 16.3. The number of benzene rings is 1. The molecule has 22 heavy (non-hydrogen) atoms. The molecule has 0 radical (unpaired) electrons. The summed E-state index contributed by atoms with van der Waals surface area (Å²) in [5.41, 5.74) is 2.03. The predicted octanol–water partition coefficient (Wildman–Crippen LogP) is 2.45. The summed E-state index contributed by atoms with van der Waals surface area (Å²) in [4.78, 5) is 25.9. The van der Waals surface area contributed by atoms with Gasteiger partial charge >= 0.3 is 5.97 Å². The van der Waals surface area contributed by atoms with E-state index >= 15 is 0 Å². The third-order valence-corrected chi connectivity index (χ3v) is 4.18. The number of hydrogen-bond acceptors (Lipinski definition) is 4. The van der Waals surface area contributed by atoms with E-state index < -0.39 is 5.97 Å². The van der Waals surface area contributed by atoms with Gasteiger partial charge in [0, 0.05) is 5.69 Å². The molecular weight excluding hydrogens is 280 g/mol. The van der Waals surface area contributed by atoms with Gasteiger partial charge in [0.15, 0.2) is 0 Å². The number of nitrogens with one attached hydrogen (secondary N) is 1. The maximum atomic E-state index is 12.2. The van der Waals surface area contributed by atoms with Crippen molar-refractivity contribution in [1.29, 1.82) is 0 Å². The Kier molecular flexibility index (Phi) is 5.55. The number of carbonyl (C=O) groups excluding carboxylic acids is 2.